The molecule has 3 saturated heterocycles. The van der Waals surface area contributed by atoms with Crippen molar-refractivity contribution in [1.29, 1.82) is 0 Å². The number of para-hydroxylation sites is 1. The predicted octanol–water partition coefficient (Wildman–Crippen LogP) is 5.16. The van der Waals surface area contributed by atoms with Crippen LogP contribution in [-0.2, 0) is 39.0 Å². The largest absolute Gasteiger partial charge is 0.494 e. The van der Waals surface area contributed by atoms with Crippen molar-refractivity contribution < 1.29 is 44.6 Å². The van der Waals surface area contributed by atoms with E-state index in [4.69, 9.17) is 33.4 Å². The van der Waals surface area contributed by atoms with Crippen LogP contribution in [0.1, 0.15) is 72.0 Å². The molecule has 3 aromatic carbocycles. The number of ether oxygens (including phenoxy) is 2. The fourth-order valence-corrected chi connectivity index (χ4v) is 9.61. The normalized spacial score (nSPS) is 21.4. The first-order valence-corrected chi connectivity index (χ1v) is 23.0. The summed E-state index contributed by atoms with van der Waals surface area (Å²) >= 11 is 6.47. The molecule has 3 fully saturated rings. The Bertz CT molecular complexity index is 2860. The number of rotatable bonds is 15. The molecule has 0 radical (unpaired) electrons. The van der Waals surface area contributed by atoms with Crippen LogP contribution in [0.25, 0.3) is 0 Å². The van der Waals surface area contributed by atoms with Gasteiger partial charge in [0.1, 0.15) is 28.3 Å². The first-order chi connectivity index (χ1) is 34.3. The predicted molar refractivity (Wildman–Crippen MR) is 247 cm³/mol. The van der Waals surface area contributed by atoms with Gasteiger partial charge in [0.2, 0.25) is 27.8 Å². The molecule has 1 atom stereocenters. The summed E-state index contributed by atoms with van der Waals surface area (Å²) in [6.45, 7) is 8.30. The van der Waals surface area contributed by atoms with Crippen molar-refractivity contribution in [3.63, 3.8) is 0 Å². The number of imide groups is 1. The fraction of sp³-hybridized carbons (Fsp3) is 0.444. The second-order valence-electron chi connectivity index (χ2n) is 16.2. The first-order valence-electron chi connectivity index (χ1n) is 25.6. The minimum absolute atomic E-state index is 0.00282. The second kappa shape index (κ2) is 19.2. The minimum Gasteiger partial charge on any atom is -0.494 e. The third-order valence-electron chi connectivity index (χ3n) is 12.3. The zero-order valence-corrected chi connectivity index (χ0v) is 36.7. The number of piperidine rings is 2. The highest BCUT2D eigenvalue weighted by Gasteiger charge is 2.39. The second-order valence-corrected chi connectivity index (χ2v) is 17.8. The zero-order valence-electron chi connectivity index (χ0n) is 44.1. The molecule has 8 rings (SSSR count). The molecule has 4 aliphatic rings. The summed E-state index contributed by atoms with van der Waals surface area (Å²) in [5, 5.41) is 8.09. The number of fused-ring (bicyclic) bond motifs is 1. The van der Waals surface area contributed by atoms with Crippen molar-refractivity contribution in [2.75, 3.05) is 86.3 Å². The summed E-state index contributed by atoms with van der Waals surface area (Å²) in [5.41, 5.74) is 3.83. The Morgan fingerprint density at radius 2 is 1.73 bits per heavy atom. The number of aryl methyl sites for hydroxylation is 1. The number of benzene rings is 3. The van der Waals surface area contributed by atoms with Crippen LogP contribution in [0.4, 0.5) is 34.5 Å². The summed E-state index contributed by atoms with van der Waals surface area (Å²) in [7, 11) is -11.0. The number of carbonyl (C=O) groups is 3. The van der Waals surface area contributed by atoms with Gasteiger partial charge in [-0.3, -0.25) is 29.3 Å². The lowest BCUT2D eigenvalue weighted by Crippen LogP contribution is -2.53. The van der Waals surface area contributed by atoms with E-state index >= 15 is 0 Å². The van der Waals surface area contributed by atoms with E-state index in [9.17, 15) is 22.8 Å². The van der Waals surface area contributed by atoms with Gasteiger partial charge >= 0.3 is 0 Å². The quantitative estimate of drug-likeness (QED) is 0.114. The lowest BCUT2D eigenvalue weighted by Gasteiger charge is -2.43. The monoisotopic (exact) mass is 923 g/mol. The number of methoxy groups -OCH3 is 2. The fourth-order valence-electron chi connectivity index (χ4n) is 8.99. The van der Waals surface area contributed by atoms with Gasteiger partial charge in [0.05, 0.1) is 46.1 Å². The molecule has 0 spiro atoms. The van der Waals surface area contributed by atoms with Gasteiger partial charge in [0, 0.05) is 86.3 Å². The third-order valence-corrected chi connectivity index (χ3v) is 13.1. The standard InChI is InChI=1S/C45H55ClN10O7S/c1-5-29-24-35(49-45-47-26-33(46)42(51-45)48-34-7-6-8-38(62-2)41(34)52-64(4,60)61)39(63-3)25-37(29)55-17-14-31(15-18-55)54-21-19-53(20-22-54)16-13-28-9-10-32-30(23-28)27-56(44(32)59)36-11-12-40(57)50-43(36)58/h6-10,23-26,31,36,52H,5,11-22,27H2,1-4H3,(H,50,57,58)(H2,47,48,49,51)/i2D3,3D3,4D3. The zero-order chi connectivity index (χ0) is 52.6. The van der Waals surface area contributed by atoms with Gasteiger partial charge in [-0.05, 0) is 73.1 Å². The van der Waals surface area contributed by atoms with Crippen LogP contribution < -0.4 is 35.0 Å². The van der Waals surface area contributed by atoms with E-state index in [0.29, 0.717) is 31.0 Å². The van der Waals surface area contributed by atoms with Crippen LogP contribution in [-0.4, -0.2) is 129 Å². The van der Waals surface area contributed by atoms with E-state index < -0.39 is 53.7 Å². The molecule has 0 bridgehead atoms. The number of nitrogens with zero attached hydrogens (tertiary/aromatic N) is 6. The van der Waals surface area contributed by atoms with E-state index in [1.165, 1.54) is 18.3 Å². The van der Waals surface area contributed by atoms with Crippen molar-refractivity contribution in [2.45, 2.75) is 64.1 Å². The summed E-state index contributed by atoms with van der Waals surface area (Å²) in [4.78, 5) is 54.8. The number of aromatic nitrogens is 2. The van der Waals surface area contributed by atoms with Crippen molar-refractivity contribution >= 4 is 73.9 Å². The Balaban J connectivity index is 0.899. The van der Waals surface area contributed by atoms with E-state index in [1.807, 2.05) is 23.8 Å². The number of nitrogens with one attached hydrogen (secondary N) is 4. The molecule has 0 saturated carbocycles. The Labute approximate surface area is 391 Å². The van der Waals surface area contributed by atoms with E-state index in [2.05, 4.69) is 46.7 Å². The van der Waals surface area contributed by atoms with Crippen LogP contribution >= 0.6 is 11.6 Å². The van der Waals surface area contributed by atoms with E-state index in [0.717, 1.165) is 93.5 Å². The smallest absolute Gasteiger partial charge is 0.255 e. The number of hydrogen-bond donors (Lipinski definition) is 4. The van der Waals surface area contributed by atoms with Gasteiger partial charge in [0.15, 0.2) is 5.82 Å². The van der Waals surface area contributed by atoms with Crippen LogP contribution in [0.5, 0.6) is 11.5 Å². The van der Waals surface area contributed by atoms with Crippen molar-refractivity contribution in [2.24, 2.45) is 0 Å². The van der Waals surface area contributed by atoms with E-state index in [1.54, 1.807) is 17.0 Å². The van der Waals surface area contributed by atoms with Crippen LogP contribution in [0.2, 0.25) is 5.02 Å². The molecular weight excluding hydrogens is 860 g/mol. The molecule has 19 heteroatoms. The number of hydrogen-bond acceptors (Lipinski definition) is 14. The minimum atomic E-state index is -5.09. The molecule has 5 heterocycles. The molecule has 17 nitrogen and oxygen atoms in total. The molecule has 3 amide bonds. The third kappa shape index (κ3) is 9.99. The van der Waals surface area contributed by atoms with E-state index in [-0.39, 0.29) is 52.1 Å². The van der Waals surface area contributed by atoms with Gasteiger partial charge in [-0.25, -0.2) is 13.4 Å². The van der Waals surface area contributed by atoms with Gasteiger partial charge in [0.25, 0.3) is 5.91 Å². The Morgan fingerprint density at radius 3 is 2.48 bits per heavy atom. The Morgan fingerprint density at radius 1 is 0.938 bits per heavy atom. The lowest BCUT2D eigenvalue weighted by molar-refractivity contribution is -0.136. The highest BCUT2D eigenvalue weighted by atomic mass is 35.5. The van der Waals surface area contributed by atoms with Crippen molar-refractivity contribution in [3.8, 4) is 11.5 Å². The number of anilines is 6. The summed E-state index contributed by atoms with van der Waals surface area (Å²) in [6.07, 6.45) is 1.38. The van der Waals surface area contributed by atoms with Crippen LogP contribution in [0, 0.1) is 0 Å². The van der Waals surface area contributed by atoms with Gasteiger partial charge < -0.3 is 34.8 Å². The first kappa shape index (κ1) is 34.7. The SMILES string of the molecule is [2H]C([2H])([2H])Oc1cc(N2CCC(N3CCN(CCc4ccc5c(c4)CN(C4CCC(=O)NC4=O)C5=O)CC3)CC2)c(CC)cc1Nc1ncc(Cl)c(Nc2cccc(OC([2H])([2H])[2H])c2NS(=O)(=O)C([2H])([2H])[2H])n1. The molecule has 1 aromatic heterocycles. The highest BCUT2D eigenvalue weighted by molar-refractivity contribution is 7.92. The average molecular weight is 925 g/mol. The number of piperazine rings is 1. The van der Waals surface area contributed by atoms with Crippen molar-refractivity contribution in [3.05, 3.63) is 82.0 Å². The highest BCUT2D eigenvalue weighted by Crippen LogP contribution is 2.39. The summed E-state index contributed by atoms with van der Waals surface area (Å²) in [6, 6.07) is 12.8. The maximum absolute atomic E-state index is 13.2. The Kier molecular flexibility index (Phi) is 10.4. The molecule has 4 aromatic rings. The van der Waals surface area contributed by atoms with Crippen LogP contribution in [0.3, 0.4) is 0 Å². The van der Waals surface area contributed by atoms with Gasteiger partial charge in [-0.1, -0.05) is 36.7 Å². The molecular formula is C45H55ClN10O7S. The molecule has 4 aliphatic heterocycles. The number of carbonyl (C=O) groups excluding carboxylic acids is 3. The number of halogens is 1. The topological polar surface area (TPSA) is 191 Å². The van der Waals surface area contributed by atoms with Gasteiger partial charge in [-0.2, -0.15) is 4.98 Å². The molecule has 1 unspecified atom stereocenters. The molecule has 64 heavy (non-hydrogen) atoms. The summed E-state index contributed by atoms with van der Waals surface area (Å²) in [5.74, 6) is -1.67. The molecule has 0 aliphatic carbocycles. The van der Waals surface area contributed by atoms with Crippen LogP contribution in [0.15, 0.2) is 54.7 Å². The Hall–Kier alpha value is -5.69. The maximum atomic E-state index is 13.2. The maximum Gasteiger partial charge on any atom is 0.255 e. The summed E-state index contributed by atoms with van der Waals surface area (Å²) < 4.78 is 107. The van der Waals surface area contributed by atoms with Gasteiger partial charge in [-0.15, -0.1) is 0 Å². The van der Waals surface area contributed by atoms with Crippen molar-refractivity contribution in [1.82, 2.24) is 30.0 Å². The average Bonchev–Trinajstić information content (AvgIpc) is 3.64. The molecule has 340 valence electrons. The lowest BCUT2D eigenvalue weighted by atomic mass is 9.99. The number of sulfonamides is 1. The molecule has 4 N–H and O–H groups in total. The number of amides is 3.